The van der Waals surface area contributed by atoms with E-state index in [2.05, 4.69) is 25.7 Å². The van der Waals surface area contributed by atoms with E-state index in [-0.39, 0.29) is 38.1 Å². The SMILES string of the molecule is O=C1N[C@H]2CCCCC/C=C\[C@@H]3C[C@@]3(C(=O)NS(=O)(=O)C3CC3)NC(=O)[C@@H]3C[C@H](CN3C2=O)NC(=O)c2cccc(n2)-c2cccc(c2)OCCCCO1. The lowest BCUT2D eigenvalue weighted by molar-refractivity contribution is -0.141. The van der Waals surface area contributed by atoms with Crippen molar-refractivity contribution < 1.29 is 41.9 Å². The lowest BCUT2D eigenvalue weighted by Gasteiger charge is -2.30. The Morgan fingerprint density at radius 2 is 1.69 bits per heavy atom. The molecule has 2 saturated carbocycles. The van der Waals surface area contributed by atoms with Gasteiger partial charge in [-0.1, -0.05) is 43.2 Å². The third-order valence-corrected chi connectivity index (χ3v) is 12.5. The number of aromatic nitrogens is 1. The molecule has 2 aliphatic carbocycles. The summed E-state index contributed by atoms with van der Waals surface area (Å²) in [6.45, 7) is 0.414. The molecule has 3 aliphatic heterocycles. The quantitative estimate of drug-likeness (QED) is 0.337. The zero-order valence-electron chi connectivity index (χ0n) is 30.0. The molecule has 15 nitrogen and oxygen atoms in total. The van der Waals surface area contributed by atoms with E-state index in [9.17, 15) is 32.4 Å². The number of benzene rings is 1. The van der Waals surface area contributed by atoms with Crippen LogP contribution in [-0.2, 0) is 29.1 Å². The van der Waals surface area contributed by atoms with Crippen molar-refractivity contribution in [2.24, 2.45) is 5.92 Å². The number of fused-ring (bicyclic) bond motifs is 8. The molecule has 7 rings (SSSR count). The summed E-state index contributed by atoms with van der Waals surface area (Å²) in [6.07, 6.45) is 8.32. The number of amides is 5. The molecule has 5 aliphatic rings. The summed E-state index contributed by atoms with van der Waals surface area (Å²) in [5, 5.41) is 7.85. The van der Waals surface area contributed by atoms with E-state index in [0.29, 0.717) is 56.6 Å². The minimum atomic E-state index is -3.90. The van der Waals surface area contributed by atoms with E-state index >= 15 is 0 Å². The Morgan fingerprint density at radius 3 is 2.50 bits per heavy atom. The molecule has 3 fully saturated rings. The molecule has 5 amide bonds. The standard InChI is InChI=1S/C38H46N6O9S/c45-33-30-15-9-14-29(40-30)24-10-8-12-27(20-24)52-18-6-7-19-53-37(49)41-31-13-5-3-1-2-4-11-25-22-38(25,36(48)43-54(50,51)28-16-17-28)42-34(46)32-21-26(39-33)23-44(32)35(31)47/h4,8-12,14-15,20,25-26,28,31-32H,1-3,5-7,13,16-19,21-23H2,(H,39,45)(H,41,49)(H,42,46)(H,43,48)/b11-4-/t25-,26-,31+,32+,38-/m1/s1. The van der Waals surface area contributed by atoms with Gasteiger partial charge in [0.25, 0.3) is 11.8 Å². The molecular formula is C38H46N6O9S. The van der Waals surface area contributed by atoms with E-state index in [1.54, 1.807) is 18.2 Å². The summed E-state index contributed by atoms with van der Waals surface area (Å²) < 4.78 is 39.1. The lowest BCUT2D eigenvalue weighted by Crippen LogP contribution is -2.58. The van der Waals surface area contributed by atoms with Crippen LogP contribution in [0, 0.1) is 5.92 Å². The van der Waals surface area contributed by atoms with Gasteiger partial charge in [0.15, 0.2) is 0 Å². The number of carbonyl (C=O) groups is 5. The molecule has 1 aromatic carbocycles. The van der Waals surface area contributed by atoms with Gasteiger partial charge in [0.05, 0.1) is 24.2 Å². The number of ether oxygens (including phenoxy) is 2. The topological polar surface area (TPSA) is 202 Å². The fourth-order valence-corrected chi connectivity index (χ4v) is 8.74. The van der Waals surface area contributed by atoms with E-state index in [1.807, 2.05) is 36.4 Å². The highest BCUT2D eigenvalue weighted by Crippen LogP contribution is 2.46. The summed E-state index contributed by atoms with van der Waals surface area (Å²) in [5.74, 6) is -2.34. The maximum absolute atomic E-state index is 14.4. The van der Waals surface area contributed by atoms with Crippen molar-refractivity contribution in [3.63, 3.8) is 0 Å². The Hall–Kier alpha value is -4.99. The number of allylic oxidation sites excluding steroid dienone is 1. The summed E-state index contributed by atoms with van der Waals surface area (Å²) in [7, 11) is -3.90. The first-order valence-corrected chi connectivity index (χ1v) is 20.4. The Kier molecular flexibility index (Phi) is 10.9. The van der Waals surface area contributed by atoms with Crippen molar-refractivity contribution in [1.29, 1.82) is 0 Å². The number of alkyl carbamates (subject to hydrolysis) is 1. The average Bonchev–Trinajstić information content (AvgIpc) is 4.08. The molecule has 2 aromatic rings. The smallest absolute Gasteiger partial charge is 0.407 e. The van der Waals surface area contributed by atoms with E-state index in [4.69, 9.17) is 9.47 Å². The summed E-state index contributed by atoms with van der Waals surface area (Å²) in [5.41, 5.74) is -0.104. The zero-order valence-corrected chi connectivity index (χ0v) is 30.8. The molecule has 54 heavy (non-hydrogen) atoms. The highest BCUT2D eigenvalue weighted by molar-refractivity contribution is 7.91. The van der Waals surface area contributed by atoms with Gasteiger partial charge in [0, 0.05) is 24.1 Å². The third kappa shape index (κ3) is 8.53. The van der Waals surface area contributed by atoms with Gasteiger partial charge in [-0.15, -0.1) is 0 Å². The van der Waals surface area contributed by atoms with Crippen LogP contribution in [0.25, 0.3) is 11.3 Å². The molecular weight excluding hydrogens is 717 g/mol. The van der Waals surface area contributed by atoms with Crippen LogP contribution < -0.4 is 25.4 Å². The van der Waals surface area contributed by atoms with Gasteiger partial charge >= 0.3 is 6.09 Å². The van der Waals surface area contributed by atoms with Crippen LogP contribution in [0.3, 0.4) is 0 Å². The molecule has 0 radical (unpaired) electrons. The first-order valence-electron chi connectivity index (χ1n) is 18.8. The second-order valence-electron chi connectivity index (χ2n) is 14.7. The second-order valence-corrected chi connectivity index (χ2v) is 16.7. The molecule has 5 atom stereocenters. The largest absolute Gasteiger partial charge is 0.494 e. The number of sulfonamides is 1. The number of carbonyl (C=O) groups excluding carboxylic acids is 5. The molecule has 4 heterocycles. The van der Waals surface area contributed by atoms with Gasteiger partial charge in [-0.2, -0.15) is 0 Å². The Bertz CT molecular complexity index is 1930. The number of pyridine rings is 1. The number of hydrogen-bond donors (Lipinski definition) is 4. The molecule has 16 heteroatoms. The van der Waals surface area contributed by atoms with Crippen molar-refractivity contribution in [3.8, 4) is 17.0 Å². The third-order valence-electron chi connectivity index (χ3n) is 10.7. The van der Waals surface area contributed by atoms with Gasteiger partial charge in [0.1, 0.15) is 29.1 Å². The van der Waals surface area contributed by atoms with Crippen molar-refractivity contribution in [2.45, 2.75) is 99.5 Å². The Labute approximate surface area is 314 Å². The van der Waals surface area contributed by atoms with Gasteiger partial charge in [-0.05, 0) is 82.1 Å². The Morgan fingerprint density at radius 1 is 0.907 bits per heavy atom. The molecule has 288 valence electrons. The van der Waals surface area contributed by atoms with Gasteiger partial charge in [0.2, 0.25) is 21.8 Å². The highest BCUT2D eigenvalue weighted by Gasteiger charge is 2.62. The van der Waals surface area contributed by atoms with Crippen molar-refractivity contribution in [2.75, 3.05) is 19.8 Å². The minimum absolute atomic E-state index is 0.00185. The van der Waals surface area contributed by atoms with Crippen LogP contribution in [0.1, 0.15) is 81.1 Å². The predicted molar refractivity (Wildman–Crippen MR) is 195 cm³/mol. The second kappa shape index (κ2) is 15.8. The molecule has 1 aromatic heterocycles. The first-order chi connectivity index (χ1) is 26.0. The van der Waals surface area contributed by atoms with Gasteiger partial charge in [-0.25, -0.2) is 18.2 Å². The number of rotatable bonds is 3. The summed E-state index contributed by atoms with van der Waals surface area (Å²) in [6, 6.07) is 9.54. The fourth-order valence-electron chi connectivity index (χ4n) is 7.37. The van der Waals surface area contributed by atoms with Crippen LogP contribution in [0.2, 0.25) is 0 Å². The van der Waals surface area contributed by atoms with Crippen molar-refractivity contribution in [3.05, 3.63) is 60.3 Å². The fraction of sp³-hybridized carbons (Fsp3) is 0.526. The van der Waals surface area contributed by atoms with Crippen LogP contribution in [-0.4, -0.2) is 96.7 Å². The van der Waals surface area contributed by atoms with Crippen LogP contribution in [0.5, 0.6) is 5.75 Å². The van der Waals surface area contributed by atoms with Crippen LogP contribution in [0.15, 0.2) is 54.6 Å². The zero-order chi connectivity index (χ0) is 37.9. The summed E-state index contributed by atoms with van der Waals surface area (Å²) in [4.78, 5) is 74.9. The Balaban J connectivity index is 1.19. The average molecular weight is 763 g/mol. The monoisotopic (exact) mass is 762 g/mol. The predicted octanol–water partition coefficient (Wildman–Crippen LogP) is 2.72. The van der Waals surface area contributed by atoms with Crippen LogP contribution >= 0.6 is 0 Å². The van der Waals surface area contributed by atoms with Crippen molar-refractivity contribution in [1.82, 2.24) is 30.6 Å². The maximum Gasteiger partial charge on any atom is 0.407 e. The number of nitrogens with one attached hydrogen (secondary N) is 4. The van der Waals surface area contributed by atoms with E-state index in [0.717, 1.165) is 18.4 Å². The van der Waals surface area contributed by atoms with Crippen molar-refractivity contribution >= 4 is 39.7 Å². The van der Waals surface area contributed by atoms with E-state index in [1.165, 1.54) is 4.90 Å². The number of hydrogen-bond acceptors (Lipinski definition) is 10. The van der Waals surface area contributed by atoms with Gasteiger partial charge < -0.3 is 30.3 Å². The normalized spacial score (nSPS) is 28.9. The van der Waals surface area contributed by atoms with E-state index < -0.39 is 74.6 Å². The highest BCUT2D eigenvalue weighted by atomic mass is 32.2. The van der Waals surface area contributed by atoms with Crippen LogP contribution in [0.4, 0.5) is 4.79 Å². The lowest BCUT2D eigenvalue weighted by atomic mass is 10.0. The molecule has 0 unspecified atom stereocenters. The molecule has 1 saturated heterocycles. The maximum atomic E-state index is 14.4. The first kappa shape index (κ1) is 37.3. The summed E-state index contributed by atoms with van der Waals surface area (Å²) >= 11 is 0. The van der Waals surface area contributed by atoms with Gasteiger partial charge in [-0.3, -0.25) is 23.9 Å². The molecule has 0 spiro atoms. The number of nitrogens with zero attached hydrogens (tertiary/aromatic N) is 2. The minimum Gasteiger partial charge on any atom is -0.494 e. The number of cyclic esters (lactones) is 1. The molecule has 7 bridgehead atoms. The molecule has 4 N–H and O–H groups in total.